The minimum Gasteiger partial charge on any atom is -0.489 e. The molecule has 0 spiro atoms. The number of fused-ring (bicyclic) bond motifs is 1. The van der Waals surface area contributed by atoms with Gasteiger partial charge in [-0.05, 0) is 30.4 Å². The molecule has 1 aliphatic heterocycles. The molecule has 0 unspecified atom stereocenters. The van der Waals surface area contributed by atoms with E-state index in [9.17, 15) is 0 Å². The average Bonchev–Trinajstić information content (AvgIpc) is 2.48. The lowest BCUT2D eigenvalue weighted by Gasteiger charge is -2.28. The lowest BCUT2D eigenvalue weighted by Crippen LogP contribution is -2.22. The van der Waals surface area contributed by atoms with Crippen molar-refractivity contribution < 1.29 is 4.74 Å². The second-order valence-electron chi connectivity index (χ2n) is 5.23. The van der Waals surface area contributed by atoms with E-state index in [0.29, 0.717) is 6.10 Å². The van der Waals surface area contributed by atoms with Crippen LogP contribution >= 0.6 is 0 Å². The maximum absolute atomic E-state index is 6.26. The van der Waals surface area contributed by atoms with Gasteiger partial charge in [0.1, 0.15) is 5.75 Å². The van der Waals surface area contributed by atoms with Gasteiger partial charge < -0.3 is 4.74 Å². The second kappa shape index (κ2) is 5.48. The fourth-order valence-corrected chi connectivity index (χ4v) is 2.83. The van der Waals surface area contributed by atoms with E-state index >= 15 is 0 Å². The summed E-state index contributed by atoms with van der Waals surface area (Å²) in [6.45, 7) is 2.22. The van der Waals surface area contributed by atoms with E-state index in [1.54, 1.807) is 0 Å². The Morgan fingerprint density at radius 1 is 1.05 bits per heavy atom. The number of para-hydroxylation sites is 1. The molecule has 0 amide bonds. The van der Waals surface area contributed by atoms with Crippen LogP contribution in [-0.4, -0.2) is 6.10 Å². The lowest BCUT2D eigenvalue weighted by atomic mass is 9.94. The summed E-state index contributed by atoms with van der Waals surface area (Å²) in [5, 5.41) is 0. The van der Waals surface area contributed by atoms with E-state index in [-0.39, 0.29) is 0 Å². The van der Waals surface area contributed by atoms with Crippen LogP contribution in [-0.2, 0) is 6.42 Å². The molecule has 98 valence electrons. The largest absolute Gasteiger partial charge is 0.489 e. The van der Waals surface area contributed by atoms with Gasteiger partial charge in [-0.25, -0.2) is 0 Å². The zero-order valence-electron chi connectivity index (χ0n) is 11.4. The van der Waals surface area contributed by atoms with Crippen LogP contribution in [0.2, 0.25) is 0 Å². The number of hydrogen-bond acceptors (Lipinski definition) is 1. The third-order valence-electron chi connectivity index (χ3n) is 3.81. The summed E-state index contributed by atoms with van der Waals surface area (Å²) in [7, 11) is 0. The van der Waals surface area contributed by atoms with Crippen molar-refractivity contribution in [3.63, 3.8) is 0 Å². The molecule has 1 nitrogen and oxygen atoms in total. The Kier molecular flexibility index (Phi) is 3.54. The normalized spacial score (nSPS) is 17.6. The van der Waals surface area contributed by atoms with Gasteiger partial charge in [0.2, 0.25) is 0 Å². The van der Waals surface area contributed by atoms with Gasteiger partial charge in [0.25, 0.3) is 0 Å². The molecule has 0 aliphatic carbocycles. The van der Waals surface area contributed by atoms with Gasteiger partial charge in [-0.1, -0.05) is 61.9 Å². The molecule has 0 fully saturated rings. The molecule has 0 saturated heterocycles. The molecule has 1 atom stereocenters. The van der Waals surface area contributed by atoms with Gasteiger partial charge in [-0.15, -0.1) is 0 Å². The standard InChI is InChI=1S/C18H20O/c1-2-7-16-13-12-15-10-6-11-17(18(15)19-16)14-8-4-3-5-9-14/h3-6,8-11,16H,2,7,12-13H2,1H3/t16-/m0/s1. The van der Waals surface area contributed by atoms with Gasteiger partial charge in [0.05, 0.1) is 6.10 Å². The van der Waals surface area contributed by atoms with Crippen molar-refractivity contribution >= 4 is 0 Å². The molecule has 2 aromatic rings. The van der Waals surface area contributed by atoms with Crippen molar-refractivity contribution in [2.45, 2.75) is 38.7 Å². The quantitative estimate of drug-likeness (QED) is 0.759. The van der Waals surface area contributed by atoms with Gasteiger partial charge in [-0.3, -0.25) is 0 Å². The average molecular weight is 252 g/mol. The third kappa shape index (κ3) is 2.51. The Morgan fingerprint density at radius 3 is 2.68 bits per heavy atom. The van der Waals surface area contributed by atoms with E-state index < -0.39 is 0 Å². The summed E-state index contributed by atoms with van der Waals surface area (Å²) in [6, 6.07) is 17.0. The van der Waals surface area contributed by atoms with Gasteiger partial charge >= 0.3 is 0 Å². The minimum atomic E-state index is 0.391. The molecule has 0 saturated carbocycles. The summed E-state index contributed by atoms with van der Waals surface area (Å²) in [5.41, 5.74) is 3.84. The van der Waals surface area contributed by atoms with E-state index in [0.717, 1.165) is 25.0 Å². The predicted octanol–water partition coefficient (Wildman–Crippen LogP) is 4.85. The SMILES string of the molecule is CCC[C@H]1CCc2cccc(-c3ccccc3)c2O1. The van der Waals surface area contributed by atoms with Crippen molar-refractivity contribution in [2.75, 3.05) is 0 Å². The molecule has 2 aromatic carbocycles. The van der Waals surface area contributed by atoms with Crippen molar-refractivity contribution in [3.05, 3.63) is 54.1 Å². The van der Waals surface area contributed by atoms with Crippen molar-refractivity contribution in [3.8, 4) is 16.9 Å². The monoisotopic (exact) mass is 252 g/mol. The zero-order chi connectivity index (χ0) is 13.1. The Bertz CT molecular complexity index is 545. The molecule has 0 radical (unpaired) electrons. The molecule has 1 heterocycles. The summed E-state index contributed by atoms with van der Waals surface area (Å²) in [6.07, 6.45) is 5.03. The molecule has 1 aliphatic rings. The van der Waals surface area contributed by atoms with Crippen LogP contribution in [0.1, 0.15) is 31.7 Å². The van der Waals surface area contributed by atoms with Crippen molar-refractivity contribution in [1.29, 1.82) is 0 Å². The highest BCUT2D eigenvalue weighted by atomic mass is 16.5. The summed E-state index contributed by atoms with van der Waals surface area (Å²) in [5.74, 6) is 1.11. The molecule has 0 N–H and O–H groups in total. The fraction of sp³-hybridized carbons (Fsp3) is 0.333. The van der Waals surface area contributed by atoms with Crippen LogP contribution < -0.4 is 4.74 Å². The third-order valence-corrected chi connectivity index (χ3v) is 3.81. The minimum absolute atomic E-state index is 0.391. The highest BCUT2D eigenvalue weighted by molar-refractivity contribution is 5.72. The summed E-state index contributed by atoms with van der Waals surface area (Å²) < 4.78 is 6.26. The first-order valence-corrected chi connectivity index (χ1v) is 7.22. The first-order chi connectivity index (χ1) is 9.38. The van der Waals surface area contributed by atoms with Crippen LogP contribution in [0.3, 0.4) is 0 Å². The highest BCUT2D eigenvalue weighted by Gasteiger charge is 2.21. The Morgan fingerprint density at radius 2 is 1.89 bits per heavy atom. The number of hydrogen-bond donors (Lipinski definition) is 0. The second-order valence-corrected chi connectivity index (χ2v) is 5.23. The molecular weight excluding hydrogens is 232 g/mol. The van der Waals surface area contributed by atoms with Crippen LogP contribution in [0.15, 0.2) is 48.5 Å². The van der Waals surface area contributed by atoms with Crippen LogP contribution in [0.4, 0.5) is 0 Å². The Balaban J connectivity index is 1.99. The highest BCUT2D eigenvalue weighted by Crippen LogP contribution is 2.38. The van der Waals surface area contributed by atoms with E-state index in [2.05, 4.69) is 55.5 Å². The maximum Gasteiger partial charge on any atom is 0.130 e. The van der Waals surface area contributed by atoms with E-state index in [1.807, 2.05) is 0 Å². The van der Waals surface area contributed by atoms with Crippen LogP contribution in [0.25, 0.3) is 11.1 Å². The van der Waals surface area contributed by atoms with Gasteiger partial charge in [0, 0.05) is 5.56 Å². The van der Waals surface area contributed by atoms with Crippen LogP contribution in [0, 0.1) is 0 Å². The number of ether oxygens (including phenoxy) is 1. The smallest absolute Gasteiger partial charge is 0.130 e. The predicted molar refractivity (Wildman–Crippen MR) is 79.5 cm³/mol. The molecule has 0 bridgehead atoms. The first-order valence-electron chi connectivity index (χ1n) is 7.22. The van der Waals surface area contributed by atoms with Crippen LogP contribution in [0.5, 0.6) is 5.75 Å². The van der Waals surface area contributed by atoms with Gasteiger partial charge in [-0.2, -0.15) is 0 Å². The number of aryl methyl sites for hydroxylation is 1. The number of benzene rings is 2. The molecular formula is C18H20O. The zero-order valence-corrected chi connectivity index (χ0v) is 11.4. The van der Waals surface area contributed by atoms with E-state index in [1.165, 1.54) is 23.1 Å². The van der Waals surface area contributed by atoms with Crippen molar-refractivity contribution in [1.82, 2.24) is 0 Å². The fourth-order valence-electron chi connectivity index (χ4n) is 2.83. The molecule has 1 heteroatoms. The molecule has 3 rings (SSSR count). The Hall–Kier alpha value is -1.76. The Labute approximate surface area is 115 Å². The summed E-state index contributed by atoms with van der Waals surface area (Å²) in [4.78, 5) is 0. The number of rotatable bonds is 3. The summed E-state index contributed by atoms with van der Waals surface area (Å²) >= 11 is 0. The van der Waals surface area contributed by atoms with E-state index in [4.69, 9.17) is 4.74 Å². The lowest BCUT2D eigenvalue weighted by molar-refractivity contribution is 0.164. The maximum atomic E-state index is 6.26. The first kappa shape index (κ1) is 12.3. The molecule has 0 aromatic heterocycles. The van der Waals surface area contributed by atoms with Crippen molar-refractivity contribution in [2.24, 2.45) is 0 Å². The van der Waals surface area contributed by atoms with Gasteiger partial charge in [0.15, 0.2) is 0 Å². The topological polar surface area (TPSA) is 9.23 Å². The molecule has 19 heavy (non-hydrogen) atoms.